The molecule has 0 aromatic heterocycles. The fourth-order valence-corrected chi connectivity index (χ4v) is 2.84. The summed E-state index contributed by atoms with van der Waals surface area (Å²) in [7, 11) is 0. The smallest absolute Gasteiger partial charge is 0.313 e. The number of hydrogen-bond acceptors (Lipinski definition) is 3. The van der Waals surface area contributed by atoms with E-state index in [1.807, 2.05) is 69.3 Å². The van der Waals surface area contributed by atoms with Gasteiger partial charge >= 0.3 is 5.97 Å². The number of carbonyl (C=O) groups excluding carboxylic acids is 2. The SMILES string of the molecule is CCc1cccc(C)c1NC(=O)COC(=O)C(CC)c1ccccc1. The second kappa shape index (κ2) is 9.02. The molecule has 0 radical (unpaired) electrons. The Bertz CT molecular complexity index is 725. The zero-order chi connectivity index (χ0) is 18.2. The van der Waals surface area contributed by atoms with Crippen molar-refractivity contribution in [2.75, 3.05) is 11.9 Å². The van der Waals surface area contributed by atoms with Gasteiger partial charge in [-0.2, -0.15) is 0 Å². The van der Waals surface area contributed by atoms with E-state index in [0.29, 0.717) is 6.42 Å². The molecular formula is C21H25NO3. The summed E-state index contributed by atoms with van der Waals surface area (Å²) < 4.78 is 5.25. The van der Waals surface area contributed by atoms with Crippen molar-refractivity contribution >= 4 is 17.6 Å². The Morgan fingerprint density at radius 2 is 1.76 bits per heavy atom. The lowest BCUT2D eigenvalue weighted by Crippen LogP contribution is -2.24. The molecule has 2 rings (SSSR count). The number of rotatable bonds is 7. The molecule has 0 aliphatic rings. The van der Waals surface area contributed by atoms with E-state index < -0.39 is 0 Å². The third-order valence-corrected chi connectivity index (χ3v) is 4.24. The maximum Gasteiger partial charge on any atom is 0.313 e. The van der Waals surface area contributed by atoms with Crippen LogP contribution in [0.2, 0.25) is 0 Å². The minimum Gasteiger partial charge on any atom is -0.455 e. The van der Waals surface area contributed by atoms with Gasteiger partial charge in [0.05, 0.1) is 5.92 Å². The summed E-state index contributed by atoms with van der Waals surface area (Å²) in [5.74, 6) is -1.04. The molecular weight excluding hydrogens is 314 g/mol. The molecule has 0 bridgehead atoms. The van der Waals surface area contributed by atoms with Crippen molar-refractivity contribution in [2.45, 2.75) is 39.5 Å². The second-order valence-electron chi connectivity index (χ2n) is 5.99. The zero-order valence-electron chi connectivity index (χ0n) is 15.0. The fraction of sp³-hybridized carbons (Fsp3) is 0.333. The number of benzene rings is 2. The molecule has 0 fully saturated rings. The van der Waals surface area contributed by atoms with Crippen LogP contribution in [-0.4, -0.2) is 18.5 Å². The summed E-state index contributed by atoms with van der Waals surface area (Å²) in [4.78, 5) is 24.5. The standard InChI is InChI=1S/C21H25NO3/c1-4-16-13-9-10-15(3)20(16)22-19(23)14-25-21(24)18(5-2)17-11-7-6-8-12-17/h6-13,18H,4-5,14H2,1-3H3,(H,22,23). The normalized spacial score (nSPS) is 11.6. The number of ether oxygens (including phenoxy) is 1. The first-order valence-electron chi connectivity index (χ1n) is 8.66. The Labute approximate surface area is 149 Å². The molecule has 1 atom stereocenters. The number of aryl methyl sites for hydroxylation is 2. The summed E-state index contributed by atoms with van der Waals surface area (Å²) in [5.41, 5.74) is 3.77. The van der Waals surface area contributed by atoms with Gasteiger partial charge in [-0.05, 0) is 36.5 Å². The monoisotopic (exact) mass is 339 g/mol. The number of anilines is 1. The van der Waals surface area contributed by atoms with E-state index in [9.17, 15) is 9.59 Å². The van der Waals surface area contributed by atoms with E-state index in [0.717, 1.165) is 28.8 Å². The highest BCUT2D eigenvalue weighted by molar-refractivity contribution is 5.94. The van der Waals surface area contributed by atoms with Gasteiger partial charge in [0, 0.05) is 5.69 Å². The largest absolute Gasteiger partial charge is 0.455 e. The Morgan fingerprint density at radius 3 is 2.40 bits per heavy atom. The van der Waals surface area contributed by atoms with E-state index in [2.05, 4.69) is 5.32 Å². The molecule has 0 saturated carbocycles. The van der Waals surface area contributed by atoms with Crippen LogP contribution in [0.4, 0.5) is 5.69 Å². The van der Waals surface area contributed by atoms with Crippen LogP contribution in [0.15, 0.2) is 48.5 Å². The predicted octanol–water partition coefficient (Wildman–Crippen LogP) is 4.23. The first kappa shape index (κ1) is 18.7. The molecule has 0 aliphatic carbocycles. The van der Waals surface area contributed by atoms with Gasteiger partial charge in [-0.3, -0.25) is 9.59 Å². The number of esters is 1. The van der Waals surface area contributed by atoms with Crippen molar-refractivity contribution < 1.29 is 14.3 Å². The topological polar surface area (TPSA) is 55.4 Å². The van der Waals surface area contributed by atoms with Crippen LogP contribution in [0, 0.1) is 6.92 Å². The first-order valence-corrected chi connectivity index (χ1v) is 8.66. The number of hydrogen-bond donors (Lipinski definition) is 1. The maximum absolute atomic E-state index is 12.3. The molecule has 0 heterocycles. The van der Waals surface area contributed by atoms with Crippen molar-refractivity contribution in [1.82, 2.24) is 0 Å². The van der Waals surface area contributed by atoms with Gasteiger partial charge in [-0.1, -0.05) is 62.4 Å². The Morgan fingerprint density at radius 1 is 1.04 bits per heavy atom. The van der Waals surface area contributed by atoms with Crippen LogP contribution in [0.25, 0.3) is 0 Å². The van der Waals surface area contributed by atoms with Crippen LogP contribution in [0.1, 0.15) is 42.9 Å². The van der Waals surface area contributed by atoms with Crippen LogP contribution in [0.3, 0.4) is 0 Å². The lowest BCUT2D eigenvalue weighted by Gasteiger charge is -2.16. The van der Waals surface area contributed by atoms with Gasteiger partial charge in [0.25, 0.3) is 5.91 Å². The average molecular weight is 339 g/mol. The third kappa shape index (κ3) is 4.92. The van der Waals surface area contributed by atoms with E-state index in [1.54, 1.807) is 0 Å². The van der Waals surface area contributed by atoms with Crippen LogP contribution < -0.4 is 5.32 Å². The predicted molar refractivity (Wildman–Crippen MR) is 99.6 cm³/mol. The minimum atomic E-state index is -0.371. The zero-order valence-corrected chi connectivity index (χ0v) is 15.0. The quantitative estimate of drug-likeness (QED) is 0.768. The van der Waals surface area contributed by atoms with E-state index >= 15 is 0 Å². The summed E-state index contributed by atoms with van der Waals surface area (Å²) in [6.07, 6.45) is 1.45. The lowest BCUT2D eigenvalue weighted by molar-refractivity contribution is -0.149. The van der Waals surface area contributed by atoms with Crippen LogP contribution in [0.5, 0.6) is 0 Å². The van der Waals surface area contributed by atoms with Crippen molar-refractivity contribution in [3.63, 3.8) is 0 Å². The van der Waals surface area contributed by atoms with Gasteiger partial charge in [-0.15, -0.1) is 0 Å². The van der Waals surface area contributed by atoms with E-state index in [4.69, 9.17) is 4.74 Å². The van der Waals surface area contributed by atoms with Gasteiger partial charge < -0.3 is 10.1 Å². The molecule has 0 aliphatic heterocycles. The number of nitrogens with one attached hydrogen (secondary N) is 1. The highest BCUT2D eigenvalue weighted by atomic mass is 16.5. The molecule has 132 valence electrons. The molecule has 4 nitrogen and oxygen atoms in total. The molecule has 1 N–H and O–H groups in total. The number of para-hydroxylation sites is 1. The fourth-order valence-electron chi connectivity index (χ4n) is 2.84. The van der Waals surface area contributed by atoms with Gasteiger partial charge in [0.15, 0.2) is 6.61 Å². The first-order chi connectivity index (χ1) is 12.1. The lowest BCUT2D eigenvalue weighted by atomic mass is 9.97. The number of amides is 1. The molecule has 2 aromatic rings. The summed E-state index contributed by atoms with van der Waals surface area (Å²) >= 11 is 0. The Hall–Kier alpha value is -2.62. The summed E-state index contributed by atoms with van der Waals surface area (Å²) in [6, 6.07) is 15.4. The molecule has 25 heavy (non-hydrogen) atoms. The van der Waals surface area contributed by atoms with Gasteiger partial charge in [0.2, 0.25) is 0 Å². The van der Waals surface area contributed by atoms with E-state index in [-0.39, 0.29) is 24.4 Å². The Balaban J connectivity index is 1.97. The second-order valence-corrected chi connectivity index (χ2v) is 5.99. The highest BCUT2D eigenvalue weighted by Crippen LogP contribution is 2.22. The van der Waals surface area contributed by atoms with Crippen molar-refractivity contribution in [2.24, 2.45) is 0 Å². The summed E-state index contributed by atoms with van der Waals surface area (Å²) in [6.45, 7) is 5.64. The molecule has 0 spiro atoms. The molecule has 1 amide bonds. The highest BCUT2D eigenvalue weighted by Gasteiger charge is 2.21. The summed E-state index contributed by atoms with van der Waals surface area (Å²) in [5, 5.41) is 2.87. The number of carbonyl (C=O) groups is 2. The molecule has 4 heteroatoms. The molecule has 2 aromatic carbocycles. The van der Waals surface area contributed by atoms with Gasteiger partial charge in [0.1, 0.15) is 0 Å². The molecule has 1 unspecified atom stereocenters. The van der Waals surface area contributed by atoms with Gasteiger partial charge in [-0.25, -0.2) is 0 Å². The van der Waals surface area contributed by atoms with Crippen LogP contribution in [-0.2, 0) is 20.7 Å². The third-order valence-electron chi connectivity index (χ3n) is 4.24. The van der Waals surface area contributed by atoms with E-state index in [1.165, 1.54) is 0 Å². The van der Waals surface area contributed by atoms with Crippen LogP contribution >= 0.6 is 0 Å². The van der Waals surface area contributed by atoms with Crippen molar-refractivity contribution in [1.29, 1.82) is 0 Å². The minimum absolute atomic E-state index is 0.278. The van der Waals surface area contributed by atoms with Crippen molar-refractivity contribution in [3.05, 3.63) is 65.2 Å². The molecule has 0 saturated heterocycles. The average Bonchev–Trinajstić information content (AvgIpc) is 2.63. The van der Waals surface area contributed by atoms with Crippen molar-refractivity contribution in [3.8, 4) is 0 Å². The Kier molecular flexibility index (Phi) is 6.75. The maximum atomic E-state index is 12.3.